The molecule has 23 heavy (non-hydrogen) atoms. The van der Waals surface area contributed by atoms with Crippen LogP contribution in [0, 0.1) is 0 Å². The number of fused-ring (bicyclic) bond motifs is 2. The molecule has 1 aromatic carbocycles. The zero-order valence-electron chi connectivity index (χ0n) is 12.1. The highest BCUT2D eigenvalue weighted by molar-refractivity contribution is 7.20. The fraction of sp³-hybridized carbons (Fsp3) is 0.125. The molecule has 0 saturated carbocycles. The first-order valence-corrected chi connectivity index (χ1v) is 8.04. The van der Waals surface area contributed by atoms with Crippen molar-refractivity contribution in [1.29, 1.82) is 0 Å². The molecule has 4 aromatic rings. The largest absolute Gasteiger partial charge is 0.360 e. The van der Waals surface area contributed by atoms with Gasteiger partial charge in [-0.05, 0) is 18.1 Å². The molecule has 114 valence electrons. The van der Waals surface area contributed by atoms with Crippen molar-refractivity contribution in [3.63, 3.8) is 0 Å². The third kappa shape index (κ3) is 2.66. The van der Waals surface area contributed by atoms with E-state index in [1.807, 2.05) is 18.3 Å². The Kier molecular flexibility index (Phi) is 3.47. The second-order valence-electron chi connectivity index (χ2n) is 5.05. The number of anilines is 1. The van der Waals surface area contributed by atoms with Crippen LogP contribution >= 0.6 is 11.3 Å². The summed E-state index contributed by atoms with van der Waals surface area (Å²) in [6.07, 6.45) is 4.14. The minimum atomic E-state index is -0.169. The average molecular weight is 323 g/mol. The van der Waals surface area contributed by atoms with Gasteiger partial charge in [0.2, 0.25) is 10.1 Å². The van der Waals surface area contributed by atoms with Crippen LogP contribution in [0.15, 0.2) is 53.6 Å². The van der Waals surface area contributed by atoms with Crippen molar-refractivity contribution in [3.8, 4) is 0 Å². The number of hydrogen-bond acceptors (Lipinski definition) is 6. The maximum atomic E-state index is 11.7. The normalized spacial score (nSPS) is 11.1. The van der Waals surface area contributed by atoms with Gasteiger partial charge in [-0.25, -0.2) is 4.98 Å². The predicted octanol–water partition coefficient (Wildman–Crippen LogP) is 2.35. The zero-order valence-corrected chi connectivity index (χ0v) is 13.0. The minimum Gasteiger partial charge on any atom is -0.360 e. The van der Waals surface area contributed by atoms with Gasteiger partial charge >= 0.3 is 0 Å². The second-order valence-corrected chi connectivity index (χ2v) is 6.01. The van der Waals surface area contributed by atoms with E-state index in [9.17, 15) is 4.79 Å². The SMILES string of the molecule is O=c1ccnc2sc(NCCc3cccc4cccnc34)nn12. The molecule has 7 heteroatoms. The number of benzene rings is 1. The number of hydrogen-bond donors (Lipinski definition) is 1. The van der Waals surface area contributed by atoms with E-state index in [-0.39, 0.29) is 5.56 Å². The lowest BCUT2D eigenvalue weighted by Crippen LogP contribution is -2.13. The lowest BCUT2D eigenvalue weighted by Gasteiger charge is -2.06. The van der Waals surface area contributed by atoms with Crippen LogP contribution in [0.25, 0.3) is 15.9 Å². The summed E-state index contributed by atoms with van der Waals surface area (Å²) in [6.45, 7) is 0.713. The molecule has 3 heterocycles. The van der Waals surface area contributed by atoms with E-state index in [0.29, 0.717) is 16.6 Å². The van der Waals surface area contributed by atoms with E-state index in [0.717, 1.165) is 17.3 Å². The summed E-state index contributed by atoms with van der Waals surface area (Å²) >= 11 is 1.36. The molecule has 0 aliphatic rings. The Morgan fingerprint density at radius 2 is 2.00 bits per heavy atom. The number of nitrogens with one attached hydrogen (secondary N) is 1. The molecule has 1 N–H and O–H groups in total. The minimum absolute atomic E-state index is 0.169. The van der Waals surface area contributed by atoms with E-state index < -0.39 is 0 Å². The topological polar surface area (TPSA) is 72.2 Å². The van der Waals surface area contributed by atoms with Crippen molar-refractivity contribution in [2.75, 3.05) is 11.9 Å². The number of aromatic nitrogens is 4. The first-order chi connectivity index (χ1) is 11.3. The smallest absolute Gasteiger partial charge is 0.275 e. The molecule has 4 rings (SSSR count). The summed E-state index contributed by atoms with van der Waals surface area (Å²) in [5, 5.41) is 9.32. The molecule has 3 aromatic heterocycles. The van der Waals surface area contributed by atoms with Crippen molar-refractivity contribution < 1.29 is 0 Å². The molecule has 0 bridgehead atoms. The lowest BCUT2D eigenvalue weighted by molar-refractivity contribution is 0.892. The Morgan fingerprint density at radius 1 is 1.09 bits per heavy atom. The van der Waals surface area contributed by atoms with Gasteiger partial charge in [-0.2, -0.15) is 4.52 Å². The molecule has 0 atom stereocenters. The summed E-state index contributed by atoms with van der Waals surface area (Å²) < 4.78 is 1.31. The van der Waals surface area contributed by atoms with E-state index >= 15 is 0 Å². The van der Waals surface area contributed by atoms with Crippen molar-refractivity contribution in [2.45, 2.75) is 6.42 Å². The zero-order chi connectivity index (χ0) is 15.6. The first-order valence-electron chi connectivity index (χ1n) is 7.23. The van der Waals surface area contributed by atoms with Crippen molar-refractivity contribution in [1.82, 2.24) is 19.6 Å². The molecular formula is C16H13N5OS. The average Bonchev–Trinajstić information content (AvgIpc) is 3.00. The van der Waals surface area contributed by atoms with Crippen LogP contribution in [-0.4, -0.2) is 26.1 Å². The standard InChI is InChI=1S/C16H13N5OS/c22-13-7-10-19-16-21(13)20-15(23-16)18-9-6-12-4-1-3-11-5-2-8-17-14(11)12/h1-5,7-8,10H,6,9H2,(H,18,20). The van der Waals surface area contributed by atoms with E-state index in [4.69, 9.17) is 0 Å². The van der Waals surface area contributed by atoms with E-state index in [2.05, 4.69) is 38.6 Å². The highest BCUT2D eigenvalue weighted by Gasteiger charge is 2.06. The Balaban J connectivity index is 1.52. The van der Waals surface area contributed by atoms with Gasteiger partial charge < -0.3 is 5.32 Å². The van der Waals surface area contributed by atoms with E-state index in [1.54, 1.807) is 0 Å². The summed E-state index contributed by atoms with van der Waals surface area (Å²) in [5.74, 6) is 0. The quantitative estimate of drug-likeness (QED) is 0.624. The first kappa shape index (κ1) is 13.8. The second kappa shape index (κ2) is 5.77. The fourth-order valence-corrected chi connectivity index (χ4v) is 3.29. The molecule has 6 nitrogen and oxygen atoms in total. The summed E-state index contributed by atoms with van der Waals surface area (Å²) in [7, 11) is 0. The van der Waals surface area contributed by atoms with Gasteiger partial charge in [0, 0.05) is 30.4 Å². The highest BCUT2D eigenvalue weighted by Crippen LogP contribution is 2.18. The lowest BCUT2D eigenvalue weighted by atomic mass is 10.1. The number of rotatable bonds is 4. The van der Waals surface area contributed by atoms with Crippen LogP contribution in [0.2, 0.25) is 0 Å². The van der Waals surface area contributed by atoms with Gasteiger partial charge in [0.1, 0.15) is 0 Å². The molecule has 0 spiro atoms. The Labute approximate surface area is 135 Å². The summed E-state index contributed by atoms with van der Waals surface area (Å²) in [6, 6.07) is 11.6. The maximum absolute atomic E-state index is 11.7. The van der Waals surface area contributed by atoms with Gasteiger partial charge in [0.05, 0.1) is 5.52 Å². The molecule has 0 fully saturated rings. The third-order valence-corrected chi connectivity index (χ3v) is 4.44. The van der Waals surface area contributed by atoms with E-state index in [1.165, 1.54) is 33.7 Å². The number of para-hydroxylation sites is 1. The van der Waals surface area contributed by atoms with Gasteiger partial charge in [0.15, 0.2) is 0 Å². The Hall–Kier alpha value is -2.80. The summed E-state index contributed by atoms with van der Waals surface area (Å²) in [4.78, 5) is 20.9. The van der Waals surface area contributed by atoms with Crippen LogP contribution in [0.1, 0.15) is 5.56 Å². The number of pyridine rings is 1. The van der Waals surface area contributed by atoms with Crippen LogP contribution in [0.3, 0.4) is 0 Å². The summed E-state index contributed by atoms with van der Waals surface area (Å²) in [5.41, 5.74) is 2.04. The van der Waals surface area contributed by atoms with Gasteiger partial charge in [-0.3, -0.25) is 9.78 Å². The highest BCUT2D eigenvalue weighted by atomic mass is 32.1. The molecular weight excluding hydrogens is 310 g/mol. The third-order valence-electron chi connectivity index (χ3n) is 3.56. The molecule has 0 aliphatic carbocycles. The maximum Gasteiger partial charge on any atom is 0.275 e. The number of nitrogens with zero attached hydrogens (tertiary/aromatic N) is 4. The molecule has 0 amide bonds. The van der Waals surface area contributed by atoms with Crippen LogP contribution in [0.5, 0.6) is 0 Å². The van der Waals surface area contributed by atoms with Crippen LogP contribution < -0.4 is 10.9 Å². The predicted molar refractivity (Wildman–Crippen MR) is 91.1 cm³/mol. The van der Waals surface area contributed by atoms with Crippen LogP contribution in [0.4, 0.5) is 5.13 Å². The Morgan fingerprint density at radius 3 is 2.91 bits per heavy atom. The van der Waals surface area contributed by atoms with Crippen molar-refractivity contribution >= 4 is 32.3 Å². The molecule has 0 saturated heterocycles. The molecule has 0 aliphatic heterocycles. The van der Waals surface area contributed by atoms with Gasteiger partial charge in [0.25, 0.3) is 5.56 Å². The fourth-order valence-electron chi connectivity index (χ4n) is 2.49. The Bertz CT molecular complexity index is 1030. The molecule has 0 radical (unpaired) electrons. The van der Waals surface area contributed by atoms with Gasteiger partial charge in [-0.15, -0.1) is 5.10 Å². The van der Waals surface area contributed by atoms with Crippen LogP contribution in [-0.2, 0) is 6.42 Å². The van der Waals surface area contributed by atoms with Gasteiger partial charge in [-0.1, -0.05) is 35.6 Å². The van der Waals surface area contributed by atoms with Crippen molar-refractivity contribution in [3.05, 3.63) is 64.7 Å². The molecule has 0 unspecified atom stereocenters. The van der Waals surface area contributed by atoms with Crippen molar-refractivity contribution in [2.24, 2.45) is 0 Å². The monoisotopic (exact) mass is 323 g/mol.